The van der Waals surface area contributed by atoms with E-state index in [1.54, 1.807) is 0 Å². The Morgan fingerprint density at radius 2 is 1.68 bits per heavy atom. The molecule has 0 amide bonds. The van der Waals surface area contributed by atoms with Crippen LogP contribution in [0.3, 0.4) is 0 Å². The van der Waals surface area contributed by atoms with Gasteiger partial charge in [0.25, 0.3) is 0 Å². The van der Waals surface area contributed by atoms with E-state index in [1.165, 1.54) is 16.7 Å². The fourth-order valence-electron chi connectivity index (χ4n) is 2.85. The summed E-state index contributed by atoms with van der Waals surface area (Å²) in [7, 11) is 2.09. The van der Waals surface area contributed by atoms with Gasteiger partial charge in [0.2, 0.25) is 0 Å². The molecule has 1 aliphatic rings. The van der Waals surface area contributed by atoms with Crippen molar-refractivity contribution in [2.45, 2.75) is 18.6 Å². The Morgan fingerprint density at radius 1 is 1.00 bits per heavy atom. The van der Waals surface area contributed by atoms with E-state index in [4.69, 9.17) is 0 Å². The van der Waals surface area contributed by atoms with Crippen LogP contribution in [-0.4, -0.2) is 25.6 Å². The van der Waals surface area contributed by atoms with Gasteiger partial charge >= 0.3 is 0 Å². The first-order valence-corrected chi connectivity index (χ1v) is 6.82. The topological polar surface area (TPSA) is 23.5 Å². The zero-order valence-corrected chi connectivity index (χ0v) is 11.2. The zero-order chi connectivity index (χ0) is 13.2. The summed E-state index contributed by atoms with van der Waals surface area (Å²) in [6.45, 7) is 0.906. The lowest BCUT2D eigenvalue weighted by Gasteiger charge is -2.28. The molecular formula is C16H18BNO. The Hall–Kier alpha value is -1.74. The largest absolute Gasteiger partial charge is 0.391 e. The molecule has 2 aromatic rings. The highest BCUT2D eigenvalue weighted by Gasteiger charge is 2.33. The predicted molar refractivity (Wildman–Crippen MR) is 81.8 cm³/mol. The molecule has 0 spiro atoms. The molecule has 2 atom stereocenters. The maximum Gasteiger partial charge on any atom is 0.139 e. The van der Waals surface area contributed by atoms with E-state index >= 15 is 0 Å². The fourth-order valence-corrected chi connectivity index (χ4v) is 2.85. The second-order valence-electron chi connectivity index (χ2n) is 5.24. The average molecular weight is 251 g/mol. The van der Waals surface area contributed by atoms with E-state index in [-0.39, 0.29) is 12.1 Å². The lowest BCUT2D eigenvalue weighted by Crippen LogP contribution is -2.27. The molecule has 1 N–H and O–H groups in total. The van der Waals surface area contributed by atoms with Crippen LogP contribution in [0.4, 0.5) is 5.69 Å². The van der Waals surface area contributed by atoms with Crippen LogP contribution >= 0.6 is 0 Å². The number of hydrogen-bond donors (Lipinski definition) is 1. The highest BCUT2D eigenvalue weighted by molar-refractivity contribution is 6.32. The molecular weight excluding hydrogens is 233 g/mol. The second kappa shape index (κ2) is 5.10. The molecule has 3 heteroatoms. The number of para-hydroxylation sites is 1. The number of anilines is 1. The summed E-state index contributed by atoms with van der Waals surface area (Å²) in [5, 5.41) is 10.3. The van der Waals surface area contributed by atoms with Crippen LogP contribution in [0.25, 0.3) is 0 Å². The predicted octanol–water partition coefficient (Wildman–Crippen LogP) is 1.26. The zero-order valence-electron chi connectivity index (χ0n) is 11.2. The number of benzene rings is 2. The molecule has 0 aliphatic carbocycles. The van der Waals surface area contributed by atoms with Gasteiger partial charge in [0.1, 0.15) is 7.85 Å². The van der Waals surface area contributed by atoms with Crippen molar-refractivity contribution in [2.24, 2.45) is 0 Å². The van der Waals surface area contributed by atoms with Gasteiger partial charge in [0.15, 0.2) is 0 Å². The van der Waals surface area contributed by atoms with E-state index in [9.17, 15) is 5.11 Å². The number of hydrogen-bond acceptors (Lipinski definition) is 2. The van der Waals surface area contributed by atoms with Gasteiger partial charge in [-0.1, -0.05) is 47.9 Å². The number of rotatable bonds is 2. The summed E-state index contributed by atoms with van der Waals surface area (Å²) < 4.78 is 0. The summed E-state index contributed by atoms with van der Waals surface area (Å²) in [6, 6.07) is 18.9. The number of nitrogens with zero attached hydrogens (tertiary/aromatic N) is 1. The molecule has 2 nitrogen and oxygen atoms in total. The second-order valence-corrected chi connectivity index (χ2v) is 5.24. The van der Waals surface area contributed by atoms with Gasteiger partial charge in [-0.15, -0.1) is 0 Å². The van der Waals surface area contributed by atoms with Gasteiger partial charge in [-0.25, -0.2) is 0 Å². The third kappa shape index (κ3) is 2.38. The van der Waals surface area contributed by atoms with Crippen molar-refractivity contribution in [3.05, 3.63) is 60.2 Å². The normalized spacial score (nSPS) is 22.7. The van der Waals surface area contributed by atoms with Gasteiger partial charge in [0.05, 0.1) is 12.1 Å². The van der Waals surface area contributed by atoms with Crippen LogP contribution in [0.5, 0.6) is 0 Å². The van der Waals surface area contributed by atoms with E-state index in [2.05, 4.69) is 49.1 Å². The lowest BCUT2D eigenvalue weighted by molar-refractivity contribution is 0.165. The van der Waals surface area contributed by atoms with Crippen molar-refractivity contribution < 1.29 is 5.11 Å². The van der Waals surface area contributed by atoms with Crippen LogP contribution in [0.1, 0.15) is 18.0 Å². The quantitative estimate of drug-likeness (QED) is 0.812. The van der Waals surface area contributed by atoms with E-state index < -0.39 is 0 Å². The maximum atomic E-state index is 10.3. The van der Waals surface area contributed by atoms with Crippen molar-refractivity contribution in [1.29, 1.82) is 0 Å². The molecule has 1 fully saturated rings. The van der Waals surface area contributed by atoms with E-state index in [0.29, 0.717) is 0 Å². The SMILES string of the molecule is Bc1ccc([C@H]2[C@@H](O)CCN2c2ccccc2)cc1. The molecule has 1 heterocycles. The van der Waals surface area contributed by atoms with Gasteiger partial charge in [-0.2, -0.15) is 0 Å². The minimum atomic E-state index is -0.289. The van der Waals surface area contributed by atoms with Crippen LogP contribution < -0.4 is 10.4 Å². The van der Waals surface area contributed by atoms with Gasteiger partial charge in [-0.3, -0.25) is 0 Å². The van der Waals surface area contributed by atoms with Crippen LogP contribution in [-0.2, 0) is 0 Å². The molecule has 0 saturated carbocycles. The standard InChI is InChI=1S/C16H18BNO/c17-13-8-6-12(7-9-13)16-15(19)10-11-18(16)14-4-2-1-3-5-14/h1-9,15-16,19H,10-11,17H2/t15-,16-/m0/s1. The molecule has 1 aliphatic heterocycles. The van der Waals surface area contributed by atoms with Crippen molar-refractivity contribution in [2.75, 3.05) is 11.4 Å². The summed E-state index contributed by atoms with van der Waals surface area (Å²) in [5.41, 5.74) is 3.63. The van der Waals surface area contributed by atoms with E-state index in [0.717, 1.165) is 13.0 Å². The summed E-state index contributed by atoms with van der Waals surface area (Å²) in [4.78, 5) is 2.30. The first-order valence-electron chi connectivity index (χ1n) is 6.82. The molecule has 0 unspecified atom stereocenters. The number of aliphatic hydroxyl groups is 1. The number of aliphatic hydroxyl groups excluding tert-OH is 1. The average Bonchev–Trinajstić information content (AvgIpc) is 2.83. The Morgan fingerprint density at radius 3 is 2.37 bits per heavy atom. The van der Waals surface area contributed by atoms with Crippen molar-refractivity contribution in [3.8, 4) is 0 Å². The van der Waals surface area contributed by atoms with Crippen LogP contribution in [0.2, 0.25) is 0 Å². The molecule has 0 bridgehead atoms. The van der Waals surface area contributed by atoms with Gasteiger partial charge in [0, 0.05) is 12.2 Å². The third-order valence-electron chi connectivity index (χ3n) is 3.87. The lowest BCUT2D eigenvalue weighted by atomic mass is 9.92. The summed E-state index contributed by atoms with van der Waals surface area (Å²) in [6.07, 6.45) is 0.538. The Kier molecular flexibility index (Phi) is 3.30. The smallest absolute Gasteiger partial charge is 0.139 e. The van der Waals surface area contributed by atoms with Gasteiger partial charge < -0.3 is 10.0 Å². The Bertz CT molecular complexity index is 540. The summed E-state index contributed by atoms with van der Waals surface area (Å²) >= 11 is 0. The first kappa shape index (κ1) is 12.3. The first-order chi connectivity index (χ1) is 9.25. The minimum Gasteiger partial charge on any atom is -0.391 e. The monoisotopic (exact) mass is 251 g/mol. The molecule has 1 saturated heterocycles. The van der Waals surface area contributed by atoms with Gasteiger partial charge in [-0.05, 0) is 24.1 Å². The Balaban J connectivity index is 1.95. The van der Waals surface area contributed by atoms with Crippen molar-refractivity contribution >= 4 is 19.0 Å². The maximum absolute atomic E-state index is 10.3. The fraction of sp³-hybridized carbons (Fsp3) is 0.250. The molecule has 0 aromatic heterocycles. The summed E-state index contributed by atoms with van der Waals surface area (Å²) in [5.74, 6) is 0. The van der Waals surface area contributed by atoms with E-state index in [1.807, 2.05) is 18.2 Å². The highest BCUT2D eigenvalue weighted by atomic mass is 16.3. The minimum absolute atomic E-state index is 0.0722. The highest BCUT2D eigenvalue weighted by Crippen LogP contribution is 2.35. The third-order valence-corrected chi connectivity index (χ3v) is 3.87. The van der Waals surface area contributed by atoms with Crippen LogP contribution in [0, 0.1) is 0 Å². The van der Waals surface area contributed by atoms with Crippen molar-refractivity contribution in [3.63, 3.8) is 0 Å². The molecule has 0 radical (unpaired) electrons. The molecule has 3 rings (SSSR count). The molecule has 96 valence electrons. The Labute approximate surface area is 115 Å². The van der Waals surface area contributed by atoms with Crippen LogP contribution in [0.15, 0.2) is 54.6 Å². The molecule has 2 aromatic carbocycles. The van der Waals surface area contributed by atoms with Crippen molar-refractivity contribution in [1.82, 2.24) is 0 Å². The molecule has 19 heavy (non-hydrogen) atoms.